The molecule has 0 aliphatic carbocycles. The summed E-state index contributed by atoms with van der Waals surface area (Å²) in [5.74, 6) is 0.232. The smallest absolute Gasteiger partial charge is 0.240 e. The predicted octanol–water partition coefficient (Wildman–Crippen LogP) is 3.71. The van der Waals surface area contributed by atoms with Crippen LogP contribution >= 0.6 is 23.2 Å². The minimum absolute atomic E-state index is 0.113. The first-order valence-corrected chi connectivity index (χ1v) is 8.79. The molecular weight excluding hydrogens is 375 g/mol. The molecule has 0 saturated heterocycles. The Bertz CT molecular complexity index is 776. The fourth-order valence-electron chi connectivity index (χ4n) is 2.53. The molecule has 0 bridgehead atoms. The zero-order valence-electron chi connectivity index (χ0n) is 14.6. The Morgan fingerprint density at radius 1 is 1.12 bits per heavy atom. The maximum absolute atomic E-state index is 12.2. The number of nitrogens with zero attached hydrogens (tertiary/aromatic N) is 1. The van der Waals surface area contributed by atoms with Crippen LogP contribution < -0.4 is 15.0 Å². The van der Waals surface area contributed by atoms with E-state index >= 15 is 0 Å². The summed E-state index contributed by atoms with van der Waals surface area (Å²) in [7, 11) is 1.61. The third kappa shape index (κ3) is 5.64. The molecule has 0 saturated carbocycles. The molecule has 0 heterocycles. The molecule has 2 amide bonds. The van der Waals surface area contributed by atoms with Gasteiger partial charge in [-0.1, -0.05) is 41.4 Å². The number of hydrogen-bond donors (Lipinski definition) is 1. The van der Waals surface area contributed by atoms with Gasteiger partial charge < -0.3 is 15.0 Å². The topological polar surface area (TPSA) is 58.6 Å². The first kappa shape index (κ1) is 20.1. The average Bonchev–Trinajstić information content (AvgIpc) is 2.59. The molecule has 2 aromatic rings. The largest absolute Gasteiger partial charge is 0.496 e. The van der Waals surface area contributed by atoms with E-state index in [4.69, 9.17) is 27.9 Å². The molecule has 1 N–H and O–H groups in total. The summed E-state index contributed by atoms with van der Waals surface area (Å²) in [6, 6.07) is 12.4. The molecule has 2 aromatic carbocycles. The SMILES string of the molecule is COc1ccccc1CCNC(=O)CN(C(C)=O)c1cc(Cl)cc(Cl)c1. The van der Waals surface area contributed by atoms with Crippen LogP contribution in [0.25, 0.3) is 0 Å². The van der Waals surface area contributed by atoms with Gasteiger partial charge in [-0.15, -0.1) is 0 Å². The molecule has 0 atom stereocenters. The number of carbonyl (C=O) groups is 2. The van der Waals surface area contributed by atoms with Gasteiger partial charge in [0, 0.05) is 29.2 Å². The molecular formula is C19H20Cl2N2O3. The molecule has 0 aliphatic heterocycles. The molecule has 2 rings (SSSR count). The lowest BCUT2D eigenvalue weighted by molar-refractivity contribution is -0.123. The van der Waals surface area contributed by atoms with E-state index in [0.29, 0.717) is 28.7 Å². The van der Waals surface area contributed by atoms with Crippen molar-refractivity contribution in [2.75, 3.05) is 25.1 Å². The summed E-state index contributed by atoms with van der Waals surface area (Å²) in [4.78, 5) is 25.5. The van der Waals surface area contributed by atoms with Crippen LogP contribution in [0.5, 0.6) is 5.75 Å². The summed E-state index contributed by atoms with van der Waals surface area (Å²) >= 11 is 12.0. The van der Waals surface area contributed by atoms with Gasteiger partial charge in [0.15, 0.2) is 0 Å². The number of para-hydroxylation sites is 1. The van der Waals surface area contributed by atoms with Gasteiger partial charge in [-0.3, -0.25) is 9.59 Å². The van der Waals surface area contributed by atoms with Crippen LogP contribution in [0.1, 0.15) is 12.5 Å². The van der Waals surface area contributed by atoms with Crippen molar-refractivity contribution in [3.05, 3.63) is 58.1 Å². The second kappa shape index (κ2) is 9.46. The van der Waals surface area contributed by atoms with E-state index in [1.165, 1.54) is 11.8 Å². The van der Waals surface area contributed by atoms with Crippen LogP contribution in [0.3, 0.4) is 0 Å². The van der Waals surface area contributed by atoms with Crippen LogP contribution in [-0.4, -0.2) is 32.0 Å². The molecule has 0 fully saturated rings. The Morgan fingerprint density at radius 2 is 1.77 bits per heavy atom. The third-order valence-corrected chi connectivity index (χ3v) is 4.19. The minimum atomic E-state index is -0.275. The van der Waals surface area contributed by atoms with Crippen molar-refractivity contribution in [3.8, 4) is 5.75 Å². The number of hydrogen-bond acceptors (Lipinski definition) is 3. The van der Waals surface area contributed by atoms with E-state index in [0.717, 1.165) is 11.3 Å². The fraction of sp³-hybridized carbons (Fsp3) is 0.263. The van der Waals surface area contributed by atoms with Crippen molar-refractivity contribution in [3.63, 3.8) is 0 Å². The maximum Gasteiger partial charge on any atom is 0.240 e. The van der Waals surface area contributed by atoms with Gasteiger partial charge in [0.2, 0.25) is 11.8 Å². The Kier molecular flexibility index (Phi) is 7.30. The van der Waals surface area contributed by atoms with Gasteiger partial charge in [-0.2, -0.15) is 0 Å². The first-order valence-electron chi connectivity index (χ1n) is 8.03. The zero-order chi connectivity index (χ0) is 19.1. The van der Waals surface area contributed by atoms with E-state index in [2.05, 4.69) is 5.32 Å². The highest BCUT2D eigenvalue weighted by Gasteiger charge is 2.17. The number of rotatable bonds is 7. The molecule has 138 valence electrons. The van der Waals surface area contributed by atoms with Crippen molar-refractivity contribution < 1.29 is 14.3 Å². The number of halogens is 2. The predicted molar refractivity (Wildman–Crippen MR) is 104 cm³/mol. The molecule has 0 unspecified atom stereocenters. The first-order chi connectivity index (χ1) is 12.4. The van der Waals surface area contributed by atoms with Gasteiger partial charge in [0.1, 0.15) is 12.3 Å². The lowest BCUT2D eigenvalue weighted by Crippen LogP contribution is -2.40. The Balaban J connectivity index is 1.97. The van der Waals surface area contributed by atoms with Gasteiger partial charge >= 0.3 is 0 Å². The molecule has 5 nitrogen and oxygen atoms in total. The van der Waals surface area contributed by atoms with E-state index < -0.39 is 0 Å². The van der Waals surface area contributed by atoms with Crippen molar-refractivity contribution in [2.24, 2.45) is 0 Å². The van der Waals surface area contributed by atoms with Crippen molar-refractivity contribution in [2.45, 2.75) is 13.3 Å². The van der Waals surface area contributed by atoms with Crippen LogP contribution in [-0.2, 0) is 16.0 Å². The third-order valence-electron chi connectivity index (χ3n) is 3.75. The average molecular weight is 395 g/mol. The Labute approximate surface area is 162 Å². The summed E-state index contributed by atoms with van der Waals surface area (Å²) in [5, 5.41) is 3.61. The second-order valence-corrected chi connectivity index (χ2v) is 6.52. The van der Waals surface area contributed by atoms with Gasteiger partial charge in [-0.05, 0) is 36.2 Å². The van der Waals surface area contributed by atoms with Crippen LogP contribution in [0, 0.1) is 0 Å². The van der Waals surface area contributed by atoms with Crippen LogP contribution in [0.4, 0.5) is 5.69 Å². The van der Waals surface area contributed by atoms with Crippen molar-refractivity contribution in [1.29, 1.82) is 0 Å². The number of ether oxygens (including phenoxy) is 1. The number of anilines is 1. The van der Waals surface area contributed by atoms with E-state index in [-0.39, 0.29) is 18.4 Å². The normalized spacial score (nSPS) is 10.3. The summed E-state index contributed by atoms with van der Waals surface area (Å²) in [6.07, 6.45) is 0.624. The quantitative estimate of drug-likeness (QED) is 0.778. The number of nitrogens with one attached hydrogen (secondary N) is 1. The van der Waals surface area contributed by atoms with Crippen LogP contribution in [0.15, 0.2) is 42.5 Å². The highest BCUT2D eigenvalue weighted by molar-refractivity contribution is 6.35. The summed E-state index contributed by atoms with van der Waals surface area (Å²) < 4.78 is 5.29. The second-order valence-electron chi connectivity index (χ2n) is 5.64. The highest BCUT2D eigenvalue weighted by atomic mass is 35.5. The number of amides is 2. The van der Waals surface area contributed by atoms with Gasteiger partial charge in [0.25, 0.3) is 0 Å². The number of methoxy groups -OCH3 is 1. The molecule has 0 aliphatic rings. The van der Waals surface area contributed by atoms with E-state index in [1.54, 1.807) is 25.3 Å². The summed E-state index contributed by atoms with van der Waals surface area (Å²) in [6.45, 7) is 1.70. The van der Waals surface area contributed by atoms with Crippen molar-refractivity contribution >= 4 is 40.7 Å². The Hall–Kier alpha value is -2.24. The van der Waals surface area contributed by atoms with E-state index in [1.807, 2.05) is 24.3 Å². The monoisotopic (exact) mass is 394 g/mol. The van der Waals surface area contributed by atoms with Crippen LogP contribution in [0.2, 0.25) is 10.0 Å². The Morgan fingerprint density at radius 3 is 2.38 bits per heavy atom. The zero-order valence-corrected chi connectivity index (χ0v) is 16.1. The lowest BCUT2D eigenvalue weighted by Gasteiger charge is -2.21. The van der Waals surface area contributed by atoms with Crippen molar-refractivity contribution in [1.82, 2.24) is 5.32 Å². The highest BCUT2D eigenvalue weighted by Crippen LogP contribution is 2.25. The lowest BCUT2D eigenvalue weighted by atomic mass is 10.1. The van der Waals surface area contributed by atoms with Gasteiger partial charge in [0.05, 0.1) is 7.11 Å². The number of carbonyl (C=O) groups excluding carboxylic acids is 2. The molecule has 26 heavy (non-hydrogen) atoms. The maximum atomic E-state index is 12.2. The molecule has 7 heteroatoms. The van der Waals surface area contributed by atoms with Gasteiger partial charge in [-0.25, -0.2) is 0 Å². The molecule has 0 radical (unpaired) electrons. The molecule has 0 spiro atoms. The molecule has 0 aromatic heterocycles. The fourth-order valence-corrected chi connectivity index (χ4v) is 3.04. The minimum Gasteiger partial charge on any atom is -0.496 e. The van der Waals surface area contributed by atoms with E-state index in [9.17, 15) is 9.59 Å². The summed E-state index contributed by atoms with van der Waals surface area (Å²) in [5.41, 5.74) is 1.48. The number of benzene rings is 2. The standard InChI is InChI=1S/C19H20Cl2N2O3/c1-13(24)23(17-10-15(20)9-16(21)11-17)12-19(25)22-8-7-14-5-3-4-6-18(14)26-2/h3-6,9-11H,7-8,12H2,1-2H3,(H,22,25).